The summed E-state index contributed by atoms with van der Waals surface area (Å²) in [5.74, 6) is 0.654. The first-order valence-corrected chi connectivity index (χ1v) is 6.27. The Kier molecular flexibility index (Phi) is 4.92. The number of rotatable bonds is 5. The van der Waals surface area contributed by atoms with Crippen LogP contribution in [0, 0.1) is 0 Å². The second-order valence-corrected chi connectivity index (χ2v) is 4.60. The number of hydrogen-bond acceptors (Lipinski definition) is 5. The molecule has 0 saturated carbocycles. The molecule has 0 aromatic carbocycles. The molecule has 1 N–H and O–H groups in total. The molecule has 2 rings (SSSR count). The lowest BCUT2D eigenvalue weighted by molar-refractivity contribution is 0.00883. The highest BCUT2D eigenvalue weighted by Crippen LogP contribution is 2.09. The van der Waals surface area contributed by atoms with Crippen molar-refractivity contribution in [2.75, 3.05) is 40.4 Å². The van der Waals surface area contributed by atoms with Crippen LogP contribution in [0.5, 0.6) is 5.88 Å². The van der Waals surface area contributed by atoms with E-state index in [4.69, 9.17) is 9.47 Å². The number of methoxy groups -OCH3 is 1. The van der Waals surface area contributed by atoms with Gasteiger partial charge in [-0.15, -0.1) is 0 Å². The number of morpholine rings is 1. The SMILES string of the molecule is COc1ccc(CN(C)CC2CNCCO2)cn1. The van der Waals surface area contributed by atoms with E-state index in [9.17, 15) is 0 Å². The lowest BCUT2D eigenvalue weighted by Crippen LogP contribution is -2.44. The van der Waals surface area contributed by atoms with Gasteiger partial charge in [0.25, 0.3) is 0 Å². The monoisotopic (exact) mass is 251 g/mol. The van der Waals surface area contributed by atoms with E-state index in [0.717, 1.165) is 32.8 Å². The summed E-state index contributed by atoms with van der Waals surface area (Å²) in [5.41, 5.74) is 1.18. The summed E-state index contributed by atoms with van der Waals surface area (Å²) >= 11 is 0. The molecule has 1 atom stereocenters. The van der Waals surface area contributed by atoms with Gasteiger partial charge in [-0.05, 0) is 12.6 Å². The van der Waals surface area contributed by atoms with Crippen molar-refractivity contribution < 1.29 is 9.47 Å². The van der Waals surface area contributed by atoms with Gasteiger partial charge < -0.3 is 14.8 Å². The number of nitrogens with one attached hydrogen (secondary N) is 1. The lowest BCUT2D eigenvalue weighted by atomic mass is 10.2. The second-order valence-electron chi connectivity index (χ2n) is 4.60. The molecule has 0 spiro atoms. The molecule has 0 aliphatic carbocycles. The average molecular weight is 251 g/mol. The number of pyridine rings is 1. The molecule has 1 aliphatic rings. The fraction of sp³-hybridized carbons (Fsp3) is 0.615. The summed E-state index contributed by atoms with van der Waals surface area (Å²) in [6.45, 7) is 4.51. The third-order valence-electron chi connectivity index (χ3n) is 2.98. The van der Waals surface area contributed by atoms with E-state index in [-0.39, 0.29) is 6.10 Å². The zero-order chi connectivity index (χ0) is 12.8. The van der Waals surface area contributed by atoms with E-state index in [1.165, 1.54) is 5.56 Å². The zero-order valence-electron chi connectivity index (χ0n) is 11.1. The molecule has 1 fully saturated rings. The number of hydrogen-bond donors (Lipinski definition) is 1. The van der Waals surface area contributed by atoms with Crippen molar-refractivity contribution in [2.24, 2.45) is 0 Å². The van der Waals surface area contributed by atoms with Crippen molar-refractivity contribution in [1.82, 2.24) is 15.2 Å². The second kappa shape index (κ2) is 6.68. The van der Waals surface area contributed by atoms with E-state index in [0.29, 0.717) is 5.88 Å². The van der Waals surface area contributed by atoms with Crippen molar-refractivity contribution in [3.8, 4) is 5.88 Å². The Morgan fingerprint density at radius 2 is 2.44 bits per heavy atom. The molecule has 0 amide bonds. The first kappa shape index (κ1) is 13.3. The van der Waals surface area contributed by atoms with Gasteiger partial charge in [-0.2, -0.15) is 0 Å². The fourth-order valence-corrected chi connectivity index (χ4v) is 2.09. The maximum absolute atomic E-state index is 5.68. The third kappa shape index (κ3) is 3.94. The predicted molar refractivity (Wildman–Crippen MR) is 69.7 cm³/mol. The van der Waals surface area contributed by atoms with E-state index in [2.05, 4.69) is 22.2 Å². The maximum atomic E-state index is 5.68. The van der Waals surface area contributed by atoms with Crippen LogP contribution in [0.4, 0.5) is 0 Å². The van der Waals surface area contributed by atoms with Crippen LogP contribution >= 0.6 is 0 Å². The van der Waals surface area contributed by atoms with E-state index >= 15 is 0 Å². The van der Waals surface area contributed by atoms with Crippen molar-refractivity contribution in [1.29, 1.82) is 0 Å². The Labute approximate surface area is 108 Å². The number of ether oxygens (including phenoxy) is 2. The highest BCUT2D eigenvalue weighted by molar-refractivity contribution is 5.17. The van der Waals surface area contributed by atoms with Gasteiger partial charge in [0, 0.05) is 38.4 Å². The normalized spacial score (nSPS) is 20.1. The van der Waals surface area contributed by atoms with Crippen LogP contribution in [0.2, 0.25) is 0 Å². The summed E-state index contributed by atoms with van der Waals surface area (Å²) < 4.78 is 10.7. The van der Waals surface area contributed by atoms with Crippen LogP contribution in [-0.2, 0) is 11.3 Å². The van der Waals surface area contributed by atoms with E-state index in [1.54, 1.807) is 7.11 Å². The molecular weight excluding hydrogens is 230 g/mol. The van der Waals surface area contributed by atoms with Crippen molar-refractivity contribution in [3.63, 3.8) is 0 Å². The smallest absolute Gasteiger partial charge is 0.212 e. The van der Waals surface area contributed by atoms with Crippen molar-refractivity contribution in [2.45, 2.75) is 12.6 Å². The van der Waals surface area contributed by atoms with Crippen molar-refractivity contribution >= 4 is 0 Å². The molecule has 1 aliphatic heterocycles. The van der Waals surface area contributed by atoms with E-state index < -0.39 is 0 Å². The molecule has 1 aromatic rings. The number of aromatic nitrogens is 1. The highest BCUT2D eigenvalue weighted by Gasteiger charge is 2.15. The molecule has 1 unspecified atom stereocenters. The highest BCUT2D eigenvalue weighted by atomic mass is 16.5. The van der Waals surface area contributed by atoms with Crippen LogP contribution in [0.25, 0.3) is 0 Å². The molecule has 18 heavy (non-hydrogen) atoms. The van der Waals surface area contributed by atoms with Crippen LogP contribution in [0.1, 0.15) is 5.56 Å². The van der Waals surface area contributed by atoms with Gasteiger partial charge in [0.15, 0.2) is 0 Å². The minimum atomic E-state index is 0.287. The zero-order valence-corrected chi connectivity index (χ0v) is 11.1. The predicted octanol–water partition coefficient (Wildman–Crippen LogP) is 0.510. The summed E-state index contributed by atoms with van der Waals surface area (Å²) in [5, 5.41) is 3.34. The largest absolute Gasteiger partial charge is 0.481 e. The molecule has 0 radical (unpaired) electrons. The molecule has 1 saturated heterocycles. The third-order valence-corrected chi connectivity index (χ3v) is 2.98. The van der Waals surface area contributed by atoms with Gasteiger partial charge >= 0.3 is 0 Å². The number of nitrogens with zero attached hydrogens (tertiary/aromatic N) is 2. The Hall–Kier alpha value is -1.17. The Morgan fingerprint density at radius 1 is 1.56 bits per heavy atom. The average Bonchev–Trinajstić information content (AvgIpc) is 2.40. The minimum Gasteiger partial charge on any atom is -0.481 e. The van der Waals surface area contributed by atoms with Gasteiger partial charge in [-0.3, -0.25) is 4.90 Å². The standard InChI is InChI=1S/C13H21N3O2/c1-16(10-12-8-14-5-6-18-12)9-11-3-4-13(17-2)15-7-11/h3-4,7,12,14H,5-6,8-10H2,1-2H3. The summed E-state index contributed by atoms with van der Waals surface area (Å²) in [6.07, 6.45) is 2.14. The van der Waals surface area contributed by atoms with Gasteiger partial charge in [-0.1, -0.05) is 6.07 Å². The first-order chi connectivity index (χ1) is 8.78. The Bertz CT molecular complexity index is 350. The molecular formula is C13H21N3O2. The summed E-state index contributed by atoms with van der Waals surface area (Å²) in [4.78, 5) is 6.46. The Balaban J connectivity index is 1.80. The van der Waals surface area contributed by atoms with Gasteiger partial charge in [0.2, 0.25) is 5.88 Å². The fourth-order valence-electron chi connectivity index (χ4n) is 2.09. The molecule has 1 aromatic heterocycles. The first-order valence-electron chi connectivity index (χ1n) is 6.27. The van der Waals surface area contributed by atoms with Crippen LogP contribution in [0.3, 0.4) is 0 Å². The molecule has 5 heteroatoms. The molecule has 100 valence electrons. The topological polar surface area (TPSA) is 46.6 Å². The molecule has 2 heterocycles. The van der Waals surface area contributed by atoms with Crippen LogP contribution in [0.15, 0.2) is 18.3 Å². The number of likely N-dealkylation sites (N-methyl/N-ethyl adjacent to an activating group) is 1. The summed E-state index contributed by atoms with van der Waals surface area (Å²) in [6, 6.07) is 3.93. The van der Waals surface area contributed by atoms with Crippen LogP contribution < -0.4 is 10.1 Å². The lowest BCUT2D eigenvalue weighted by Gasteiger charge is -2.27. The summed E-state index contributed by atoms with van der Waals surface area (Å²) in [7, 11) is 3.73. The quantitative estimate of drug-likeness (QED) is 0.826. The van der Waals surface area contributed by atoms with E-state index in [1.807, 2.05) is 18.3 Å². The van der Waals surface area contributed by atoms with Gasteiger partial charge in [0.05, 0.1) is 19.8 Å². The van der Waals surface area contributed by atoms with Crippen LogP contribution in [-0.4, -0.2) is 56.4 Å². The molecule has 5 nitrogen and oxygen atoms in total. The minimum absolute atomic E-state index is 0.287. The Morgan fingerprint density at radius 3 is 3.06 bits per heavy atom. The van der Waals surface area contributed by atoms with Gasteiger partial charge in [-0.25, -0.2) is 4.98 Å². The molecule has 0 bridgehead atoms. The maximum Gasteiger partial charge on any atom is 0.212 e. The van der Waals surface area contributed by atoms with Gasteiger partial charge in [0.1, 0.15) is 0 Å². The van der Waals surface area contributed by atoms with Crippen molar-refractivity contribution in [3.05, 3.63) is 23.9 Å².